The Balaban J connectivity index is 0.000000166. The molecule has 0 saturated carbocycles. The van der Waals surface area contributed by atoms with Crippen LogP contribution in [0.25, 0.3) is 16.7 Å². The topological polar surface area (TPSA) is 271 Å². The molecule has 20 nitrogen and oxygen atoms in total. The molecule has 4 N–H and O–H groups in total. The second-order valence-corrected chi connectivity index (χ2v) is 27.9. The summed E-state index contributed by atoms with van der Waals surface area (Å²) in [5.41, 5.74) is 8.00. The molecule has 12 rings (SSSR count). The summed E-state index contributed by atoms with van der Waals surface area (Å²) in [6, 6.07) is 43.8. The van der Waals surface area contributed by atoms with Crippen LogP contribution in [0.4, 0.5) is 17.1 Å². The van der Waals surface area contributed by atoms with Crippen LogP contribution in [0.2, 0.25) is 15.1 Å². The van der Waals surface area contributed by atoms with E-state index in [2.05, 4.69) is 0 Å². The largest absolute Gasteiger partial charge is 0.481 e. The van der Waals surface area contributed by atoms with Crippen LogP contribution in [0, 0.1) is 0 Å². The summed E-state index contributed by atoms with van der Waals surface area (Å²) in [7, 11) is 0. The Morgan fingerprint density at radius 1 is 0.361 bits per heavy atom. The Kier molecular flexibility index (Phi) is 24.5. The third-order valence-electron chi connectivity index (χ3n) is 15.1. The van der Waals surface area contributed by atoms with Crippen LogP contribution < -0.4 is 14.7 Å². The van der Waals surface area contributed by atoms with Gasteiger partial charge in [-0.1, -0.05) is 198 Å². The van der Waals surface area contributed by atoms with Crippen LogP contribution in [-0.2, 0) is 67.6 Å². The first-order valence-corrected chi connectivity index (χ1v) is 34.3. The first kappa shape index (κ1) is 72.7. The van der Waals surface area contributed by atoms with Gasteiger partial charge in [0, 0.05) is 77.6 Å². The predicted molar refractivity (Wildman–Crippen MR) is 388 cm³/mol. The molecule has 97 heavy (non-hydrogen) atoms. The Morgan fingerprint density at radius 2 is 0.588 bits per heavy atom. The molecular weight excluding hydrogens is 1420 g/mol. The number of nitrogens with zero attached hydrogens (tertiary/aromatic N) is 6. The summed E-state index contributed by atoms with van der Waals surface area (Å²) in [5, 5.41) is 35.8. The van der Waals surface area contributed by atoms with Crippen LogP contribution >= 0.6 is 107 Å². The van der Waals surface area contributed by atoms with E-state index in [9.17, 15) is 43.2 Å². The zero-order valence-electron chi connectivity index (χ0n) is 51.0. The van der Waals surface area contributed by atoms with Crippen LogP contribution in [-0.4, -0.2) is 127 Å². The number of amides is 6. The minimum absolute atomic E-state index is 0.0560. The normalized spacial score (nSPS) is 17.7. The van der Waals surface area contributed by atoms with E-state index in [0.717, 1.165) is 76.0 Å². The lowest BCUT2D eigenvalue weighted by Crippen LogP contribution is -2.30. The lowest BCUT2D eigenvalue weighted by molar-refractivity contribution is -0.138. The van der Waals surface area contributed by atoms with Crippen molar-refractivity contribution < 1.29 is 68.4 Å². The van der Waals surface area contributed by atoms with Gasteiger partial charge in [0.1, 0.15) is 13.0 Å². The minimum Gasteiger partial charge on any atom is -0.481 e. The number of carbonyl (C=O) groups excluding carboxylic acids is 6. The van der Waals surface area contributed by atoms with Gasteiger partial charge in [0.05, 0.1) is 68.1 Å². The van der Waals surface area contributed by atoms with Crippen molar-refractivity contribution in [2.24, 2.45) is 0 Å². The number of hydrogen-bond donors (Lipinski definition) is 4. The fourth-order valence-electron chi connectivity index (χ4n) is 10.7. The molecule has 0 aliphatic carbocycles. The number of aliphatic carboxylic acids is 4. The number of carbonyl (C=O) groups is 10. The molecule has 0 radical (unpaired) electrons. The second-order valence-electron chi connectivity index (χ2n) is 21.7. The highest BCUT2D eigenvalue weighted by Crippen LogP contribution is 2.48. The molecular formula is C68H55Cl3N6O14S6. The van der Waals surface area contributed by atoms with Crippen LogP contribution in [0.3, 0.4) is 0 Å². The molecule has 6 aliphatic heterocycles. The molecule has 6 aliphatic rings. The van der Waals surface area contributed by atoms with Crippen LogP contribution in [0.15, 0.2) is 160 Å². The maximum absolute atomic E-state index is 13.4. The average molecular weight is 1480 g/mol. The van der Waals surface area contributed by atoms with E-state index in [4.69, 9.17) is 96.7 Å². The predicted octanol–water partition coefficient (Wildman–Crippen LogP) is 13.1. The summed E-state index contributed by atoms with van der Waals surface area (Å²) in [5.74, 6) is -5.47. The molecule has 0 spiro atoms. The molecule has 29 heteroatoms. The molecule has 498 valence electrons. The summed E-state index contributed by atoms with van der Waals surface area (Å²) in [6.45, 7) is 2.73. The number of hydrogen-bond acceptors (Lipinski definition) is 16. The van der Waals surface area contributed by atoms with Crippen molar-refractivity contribution in [2.75, 3.05) is 34.3 Å². The highest BCUT2D eigenvalue weighted by Gasteiger charge is 2.45. The summed E-state index contributed by atoms with van der Waals surface area (Å²) >= 11 is 37.2. The van der Waals surface area contributed by atoms with Crippen molar-refractivity contribution in [1.29, 1.82) is 0 Å². The van der Waals surface area contributed by atoms with E-state index in [1.807, 2.05) is 109 Å². The van der Waals surface area contributed by atoms with Crippen molar-refractivity contribution in [1.82, 2.24) is 14.7 Å². The van der Waals surface area contributed by atoms with Crippen molar-refractivity contribution in [3.8, 4) is 0 Å². The number of para-hydroxylation sites is 3. The number of anilines is 3. The number of benzene rings is 6. The Labute approximate surface area is 599 Å². The van der Waals surface area contributed by atoms with E-state index in [1.165, 1.54) is 14.7 Å². The Morgan fingerprint density at radius 3 is 0.814 bits per heavy atom. The number of halogens is 3. The maximum Gasteiger partial charge on any atom is 0.303 e. The van der Waals surface area contributed by atoms with Gasteiger partial charge in [-0.25, -0.2) is 0 Å². The molecule has 6 aromatic rings. The molecule has 0 bridgehead atoms. The minimum atomic E-state index is -0.929. The van der Waals surface area contributed by atoms with Crippen LogP contribution in [0.5, 0.6) is 0 Å². The van der Waals surface area contributed by atoms with Gasteiger partial charge in [-0.2, -0.15) is 0 Å². The van der Waals surface area contributed by atoms with Crippen LogP contribution in [0.1, 0.15) is 78.8 Å². The van der Waals surface area contributed by atoms with Gasteiger partial charge in [-0.05, 0) is 90.6 Å². The van der Waals surface area contributed by atoms with Crippen molar-refractivity contribution in [2.45, 2.75) is 65.1 Å². The quantitative estimate of drug-likeness (QED) is 0.0460. The summed E-state index contributed by atoms with van der Waals surface area (Å²) < 4.78 is 0.998. The summed E-state index contributed by atoms with van der Waals surface area (Å²) in [4.78, 5) is 131. The van der Waals surface area contributed by atoms with Gasteiger partial charge in [0.2, 0.25) is 0 Å². The Bertz CT molecular complexity index is 3930. The molecule has 0 atom stereocenters. The summed E-state index contributed by atoms with van der Waals surface area (Å²) in [6.07, 6.45) is 0.700. The first-order valence-electron chi connectivity index (χ1n) is 29.5. The third kappa shape index (κ3) is 17.2. The van der Waals surface area contributed by atoms with Crippen molar-refractivity contribution >= 4 is 213 Å². The SMILES string of the molecule is CC(=O)O.O=C(O)CCCN1C(=O)/C(=C2/C(=O)N(Cc3ccc(Cl)cc3)c3ccccc32)SC1=S.O=C(O)CCCN1C(=O)/C(=C2/C(=O)N(Cc3ccc(Cl)cc3)c3ccccc32)SC1=S.O=C(O)CCCN1C(=O)/C(=C2/C(=O)N(Cc3ccc(Cl)cc3)c3ccccc32)SC1=S. The fourth-order valence-corrected chi connectivity index (χ4v) is 15.2. The zero-order valence-corrected chi connectivity index (χ0v) is 58.1. The smallest absolute Gasteiger partial charge is 0.303 e. The van der Waals surface area contributed by atoms with Crippen molar-refractivity contribution in [3.63, 3.8) is 0 Å². The standard InChI is InChI=1S/3C22H17ClN2O4S2.C2H4O2/c3*23-14-9-7-13(8-10-14)12-25-16-5-2-1-4-15(16)18(20(25)28)19-21(29)24(22(30)31-19)11-3-6-17(26)27;1-2(3)4/h3*1-2,4-5,7-10H,3,6,11-12H2,(H,26,27);1H3,(H,3,4)/b3*19-18-;. The van der Waals surface area contributed by atoms with Gasteiger partial charge in [0.25, 0.3) is 41.4 Å². The third-order valence-corrected chi connectivity index (χ3v) is 20.2. The highest BCUT2D eigenvalue weighted by molar-refractivity contribution is 8.27. The van der Waals surface area contributed by atoms with E-state index in [-0.39, 0.29) is 108 Å². The van der Waals surface area contributed by atoms with E-state index < -0.39 is 23.9 Å². The van der Waals surface area contributed by atoms with Crippen molar-refractivity contribution in [3.05, 3.63) is 209 Å². The molecule has 6 aromatic carbocycles. The average Bonchev–Trinajstić information content (AvgIpc) is 1.61. The fraction of sp³-hybridized carbons (Fsp3) is 0.191. The number of rotatable bonds is 18. The number of fused-ring (bicyclic) bond motifs is 3. The molecule has 0 unspecified atom stereocenters. The van der Waals surface area contributed by atoms with Gasteiger partial charge < -0.3 is 35.1 Å². The lowest BCUT2D eigenvalue weighted by atomic mass is 10.1. The molecule has 3 saturated heterocycles. The molecule has 3 fully saturated rings. The lowest BCUT2D eigenvalue weighted by Gasteiger charge is -2.17. The van der Waals surface area contributed by atoms with E-state index in [0.29, 0.717) is 81.1 Å². The van der Waals surface area contributed by atoms with Gasteiger partial charge in [-0.15, -0.1) is 0 Å². The number of carboxylic acids is 4. The van der Waals surface area contributed by atoms with E-state index in [1.54, 1.807) is 51.1 Å². The molecule has 0 aromatic heterocycles. The van der Waals surface area contributed by atoms with E-state index >= 15 is 0 Å². The highest BCUT2D eigenvalue weighted by atomic mass is 35.5. The number of thiocarbonyl (C=S) groups is 3. The second kappa shape index (κ2) is 32.7. The molecule has 6 amide bonds. The first-order chi connectivity index (χ1) is 46.3. The zero-order chi connectivity index (χ0) is 69.9. The van der Waals surface area contributed by atoms with Gasteiger partial charge >= 0.3 is 17.9 Å². The van der Waals surface area contributed by atoms with Gasteiger partial charge in [0.15, 0.2) is 0 Å². The maximum atomic E-state index is 13.4. The Hall–Kier alpha value is -8.57. The monoisotopic (exact) mass is 1480 g/mol. The number of thioether (sulfide) groups is 3. The molecule has 6 heterocycles. The number of carboxylic acid groups (broad SMARTS) is 4. The van der Waals surface area contributed by atoms with Gasteiger partial charge in [-0.3, -0.25) is 62.6 Å².